The van der Waals surface area contributed by atoms with Crippen molar-refractivity contribution in [1.29, 1.82) is 0 Å². The lowest BCUT2D eigenvalue weighted by molar-refractivity contribution is -0.377. The van der Waals surface area contributed by atoms with Gasteiger partial charge in [0.1, 0.15) is 37.6 Å². The van der Waals surface area contributed by atoms with Gasteiger partial charge < -0.3 is 100 Å². The van der Waals surface area contributed by atoms with Crippen LogP contribution in [0.5, 0.6) is 0 Å². The fourth-order valence-corrected chi connectivity index (χ4v) is 8.63. The van der Waals surface area contributed by atoms with Crippen LogP contribution in [0.2, 0.25) is 0 Å². The Hall–Kier alpha value is -7.70. The number of carbonyl (C=O) groups is 14. The highest BCUT2D eigenvalue weighted by Gasteiger charge is 2.60. The highest BCUT2D eigenvalue weighted by molar-refractivity contribution is 5.79. The van der Waals surface area contributed by atoms with Crippen LogP contribution in [0.15, 0.2) is 0 Å². The number of hydrogen-bond acceptors (Lipinski definition) is 35. The number of aliphatic hydroxyl groups excluding tert-OH is 2. The van der Waals surface area contributed by atoms with Crippen molar-refractivity contribution in [1.82, 2.24) is 0 Å². The summed E-state index contributed by atoms with van der Waals surface area (Å²) in [6, 6.07) is 0. The van der Waals surface area contributed by atoms with E-state index in [-0.39, 0.29) is 0 Å². The molecule has 35 heteroatoms. The molecule has 0 aromatic carbocycles. The van der Waals surface area contributed by atoms with Crippen LogP contribution < -0.4 is 0 Å². The van der Waals surface area contributed by atoms with Crippen molar-refractivity contribution in [2.24, 2.45) is 0 Å². The van der Waals surface area contributed by atoms with E-state index < -0.39 is 220 Å². The molecule has 20 atom stereocenters. The Morgan fingerprint density at radius 1 is 0.277 bits per heavy atom. The van der Waals surface area contributed by atoms with E-state index in [9.17, 15) is 77.3 Å². The minimum atomic E-state index is -2.28. The maximum absolute atomic E-state index is 14.1. The number of aliphatic hydroxyl groups is 2. The van der Waals surface area contributed by atoms with Crippen LogP contribution >= 0.6 is 0 Å². The lowest BCUT2D eigenvalue weighted by atomic mass is 9.96. The third kappa shape index (κ3) is 19.2. The molecule has 0 saturated carbocycles. The van der Waals surface area contributed by atoms with Crippen LogP contribution in [0.1, 0.15) is 83.1 Å². The maximum atomic E-state index is 14.1. The van der Waals surface area contributed by atoms with Gasteiger partial charge in [-0.2, -0.15) is 0 Å². The van der Waals surface area contributed by atoms with Crippen molar-refractivity contribution >= 4 is 83.6 Å². The van der Waals surface area contributed by atoms with Crippen LogP contribution in [0.3, 0.4) is 0 Å². The Morgan fingerprint density at radius 3 is 0.747 bits per heavy atom. The van der Waals surface area contributed by atoms with Crippen LogP contribution in [-0.4, -0.2) is 230 Å². The highest BCUT2D eigenvalue weighted by atomic mass is 16.8. The fraction of sp³-hybridized carbons (Fsp3) is 0.708. The Labute approximate surface area is 469 Å². The van der Waals surface area contributed by atoms with Gasteiger partial charge in [-0.05, 0) is 0 Å². The number of carbonyl (C=O) groups excluding carboxylic acids is 14. The molecule has 0 aromatic heterocycles. The molecule has 4 rings (SSSR count). The van der Waals surface area contributed by atoms with Crippen LogP contribution in [0.25, 0.3) is 0 Å². The minimum absolute atomic E-state index is 0.849. The largest absolute Gasteiger partial charge is 0.461 e. The second kappa shape index (κ2) is 30.0. The third-order valence-electron chi connectivity index (χ3n) is 11.3. The van der Waals surface area contributed by atoms with Gasteiger partial charge in [-0.3, -0.25) is 57.5 Å². The predicted molar refractivity (Wildman–Crippen MR) is 249 cm³/mol. The Morgan fingerprint density at radius 2 is 0.494 bits per heavy atom. The van der Waals surface area contributed by atoms with Crippen molar-refractivity contribution in [3.8, 4) is 0 Å². The summed E-state index contributed by atoms with van der Waals surface area (Å²) in [5, 5.41) is 23.4. The first-order valence-corrected chi connectivity index (χ1v) is 24.7. The van der Waals surface area contributed by atoms with Crippen molar-refractivity contribution in [3.63, 3.8) is 0 Å². The molecule has 4 fully saturated rings. The Kier molecular flexibility index (Phi) is 24.5. The van der Waals surface area contributed by atoms with Gasteiger partial charge >= 0.3 is 83.6 Å². The standard InChI is InChI=1S/C48H62O35/c1-15(49)67-31-29(61)27(13-65-43(63)37-33(69-17(3)51)35(71-19(5)53)41(75-23(9)57)45(81-37)77-25(11)59)79-47(39(31)73-21(7)55)83-48-40(74-22(8)56)32(68-16(2)50)30(62)28(80-48)14-66-44(64)38-34(70-18(4)52)36(72-20(6)54)42(76-24(10)58)46(82-38)78-26(12)60/h27-42,45-48,61-62H,13-14H2,1-12H3/t27-,28-,29-,30-,31+,32+,33+,34+,35+,36+,37+,38+,39-,40-,41-,42-,45-,46-,47-,48-/m1/s1. The molecule has 2 N–H and O–H groups in total. The normalized spacial score (nSPS) is 32.8. The molecule has 0 amide bonds. The van der Waals surface area contributed by atoms with Gasteiger partial charge in [-0.1, -0.05) is 0 Å². The van der Waals surface area contributed by atoms with Crippen molar-refractivity contribution in [3.05, 3.63) is 0 Å². The number of esters is 14. The van der Waals surface area contributed by atoms with Gasteiger partial charge in [0.15, 0.2) is 61.0 Å². The van der Waals surface area contributed by atoms with Gasteiger partial charge in [0.2, 0.25) is 37.4 Å². The molecule has 0 bridgehead atoms. The number of rotatable bonds is 20. The molecule has 83 heavy (non-hydrogen) atoms. The van der Waals surface area contributed by atoms with E-state index >= 15 is 0 Å². The van der Waals surface area contributed by atoms with Gasteiger partial charge in [0.05, 0.1) is 0 Å². The van der Waals surface area contributed by atoms with Gasteiger partial charge in [-0.15, -0.1) is 0 Å². The van der Waals surface area contributed by atoms with E-state index in [1.165, 1.54) is 0 Å². The molecule has 4 aliphatic heterocycles. The topological polar surface area (TPSA) is 455 Å². The van der Waals surface area contributed by atoms with E-state index in [0.29, 0.717) is 0 Å². The van der Waals surface area contributed by atoms with Gasteiger partial charge in [0.25, 0.3) is 0 Å². The van der Waals surface area contributed by atoms with E-state index in [0.717, 1.165) is 83.1 Å². The molecule has 0 spiro atoms. The predicted octanol–water partition coefficient (Wildman–Crippen LogP) is -3.85. The van der Waals surface area contributed by atoms with Crippen LogP contribution in [0, 0.1) is 0 Å². The Bertz CT molecular complexity index is 2290. The fourth-order valence-electron chi connectivity index (χ4n) is 8.63. The second-order valence-electron chi connectivity index (χ2n) is 18.3. The molecular formula is C48H62O35. The summed E-state index contributed by atoms with van der Waals surface area (Å²) in [4.78, 5) is 177. The second-order valence-corrected chi connectivity index (χ2v) is 18.3. The SMILES string of the molecule is CC(=O)O[C@@H]1O[C@H](C(=O)OC[C@H]2O[C@H](O[C@H]3O[C@H](COC(=O)[C@H]4O[C@@H](OC(C)=O)[C@H](OC(C)=O)[C@@H](OC(C)=O)[C@@H]4OC(C)=O)[C@@H](O)[C@H](OC(C)=O)[C@H]3OC(C)=O)[C@H](OC(C)=O)[C@@H](OC(C)=O)[C@@H]2O)[C@@H](OC(C)=O)[C@H](OC(C)=O)[C@H]1OC(C)=O. The van der Waals surface area contributed by atoms with Crippen LogP contribution in [0.4, 0.5) is 0 Å². The zero-order valence-corrected chi connectivity index (χ0v) is 46.3. The summed E-state index contributed by atoms with van der Waals surface area (Å²) in [6.45, 7) is 8.15. The van der Waals surface area contributed by atoms with E-state index in [1.54, 1.807) is 0 Å². The van der Waals surface area contributed by atoms with Crippen LogP contribution in [-0.2, 0) is 157 Å². The zero-order valence-electron chi connectivity index (χ0n) is 46.3. The van der Waals surface area contributed by atoms with Crippen molar-refractivity contribution in [2.75, 3.05) is 13.2 Å². The summed E-state index contributed by atoms with van der Waals surface area (Å²) in [5.74, 6) is -16.4. The monoisotopic (exact) mass is 1200 g/mol. The lowest BCUT2D eigenvalue weighted by Gasteiger charge is -2.47. The minimum Gasteiger partial charge on any atom is -0.461 e. The first kappa shape index (κ1) is 67.8. The maximum Gasteiger partial charge on any atom is 0.339 e. The summed E-state index contributed by atoms with van der Waals surface area (Å²) in [6.07, 6.45) is -41.6. The first-order valence-electron chi connectivity index (χ1n) is 24.7. The van der Waals surface area contributed by atoms with E-state index in [1.807, 2.05) is 0 Å². The van der Waals surface area contributed by atoms with Crippen molar-refractivity contribution < 1.29 is 167 Å². The molecule has 4 saturated heterocycles. The molecule has 464 valence electrons. The average molecular weight is 1200 g/mol. The smallest absolute Gasteiger partial charge is 0.339 e. The van der Waals surface area contributed by atoms with E-state index in [4.69, 9.17) is 90.0 Å². The molecule has 0 aromatic rings. The van der Waals surface area contributed by atoms with Gasteiger partial charge in [0, 0.05) is 83.1 Å². The molecule has 4 heterocycles. The molecule has 0 radical (unpaired) electrons. The molecule has 0 unspecified atom stereocenters. The summed E-state index contributed by atoms with van der Waals surface area (Å²) in [5.41, 5.74) is 0. The zero-order chi connectivity index (χ0) is 62.5. The molecule has 4 aliphatic rings. The van der Waals surface area contributed by atoms with Gasteiger partial charge in [-0.25, -0.2) is 9.59 Å². The summed E-state index contributed by atoms with van der Waals surface area (Å²) >= 11 is 0. The van der Waals surface area contributed by atoms with Crippen molar-refractivity contribution in [2.45, 2.75) is 206 Å². The molecule has 35 nitrogen and oxygen atoms in total. The Balaban J connectivity index is 1.76. The summed E-state index contributed by atoms with van der Waals surface area (Å²) < 4.78 is 103. The summed E-state index contributed by atoms with van der Waals surface area (Å²) in [7, 11) is 0. The highest BCUT2D eigenvalue weighted by Crippen LogP contribution is 2.36. The quantitative estimate of drug-likeness (QED) is 0.0870. The molecular weight excluding hydrogens is 1140 g/mol. The third-order valence-corrected chi connectivity index (χ3v) is 11.3. The number of ether oxygens (including phenoxy) is 19. The number of hydrogen-bond donors (Lipinski definition) is 2. The first-order chi connectivity index (χ1) is 38.7. The average Bonchev–Trinajstić information content (AvgIpc) is 2.40. The lowest BCUT2D eigenvalue weighted by Crippen LogP contribution is -2.66. The molecule has 0 aliphatic carbocycles. The van der Waals surface area contributed by atoms with E-state index in [2.05, 4.69) is 0 Å².